The number of esters is 1. The molecule has 0 aromatic heterocycles. The van der Waals surface area contributed by atoms with Crippen molar-refractivity contribution < 1.29 is 14.6 Å². The zero-order chi connectivity index (χ0) is 21.3. The van der Waals surface area contributed by atoms with Crippen molar-refractivity contribution >= 4 is 18.4 Å². The Morgan fingerprint density at radius 1 is 1.16 bits per heavy atom. The molecule has 4 rings (SSSR count). The van der Waals surface area contributed by atoms with Gasteiger partial charge in [-0.25, -0.2) is 0 Å². The number of halogens is 1. The fourth-order valence-electron chi connectivity index (χ4n) is 5.58. The van der Waals surface area contributed by atoms with Crippen molar-refractivity contribution in [3.8, 4) is 5.75 Å². The molecule has 4 nitrogen and oxygen atoms in total. The van der Waals surface area contributed by atoms with E-state index in [9.17, 15) is 9.90 Å². The fraction of sp³-hybridized carbons (Fsp3) is 0.500. The van der Waals surface area contributed by atoms with Crippen LogP contribution in [0.1, 0.15) is 49.7 Å². The molecule has 1 N–H and O–H groups in total. The number of nitrogens with zero attached hydrogens (tertiary/aromatic N) is 1. The van der Waals surface area contributed by atoms with E-state index in [1.165, 1.54) is 19.3 Å². The molecule has 168 valence electrons. The van der Waals surface area contributed by atoms with Gasteiger partial charge < -0.3 is 14.7 Å². The van der Waals surface area contributed by atoms with Gasteiger partial charge >= 0.3 is 5.97 Å². The predicted molar refractivity (Wildman–Crippen MR) is 126 cm³/mol. The molecular weight excluding hydrogens is 410 g/mol. The van der Waals surface area contributed by atoms with Gasteiger partial charge in [0.05, 0.1) is 11.5 Å². The number of aliphatic hydroxyl groups is 1. The second-order valence-electron chi connectivity index (χ2n) is 9.52. The van der Waals surface area contributed by atoms with E-state index in [0.717, 1.165) is 24.1 Å². The first kappa shape index (κ1) is 23.8. The highest BCUT2D eigenvalue weighted by atomic mass is 35.5. The summed E-state index contributed by atoms with van der Waals surface area (Å²) < 4.78 is 5.73. The fourth-order valence-corrected chi connectivity index (χ4v) is 5.58. The molecule has 2 bridgehead atoms. The highest BCUT2D eigenvalue weighted by Gasteiger charge is 2.51. The Morgan fingerprint density at radius 2 is 1.90 bits per heavy atom. The normalized spacial score (nSPS) is 28.1. The van der Waals surface area contributed by atoms with Crippen LogP contribution in [0.3, 0.4) is 0 Å². The Morgan fingerprint density at radius 3 is 2.61 bits per heavy atom. The maximum Gasteiger partial charge on any atom is 0.318 e. The van der Waals surface area contributed by atoms with Gasteiger partial charge in [-0.1, -0.05) is 48.9 Å². The first-order chi connectivity index (χ1) is 14.4. The summed E-state index contributed by atoms with van der Waals surface area (Å²) in [4.78, 5) is 14.9. The lowest BCUT2D eigenvalue weighted by atomic mass is 9.66. The predicted octanol–water partition coefficient (Wildman–Crippen LogP) is 5.00. The summed E-state index contributed by atoms with van der Waals surface area (Å²) in [6.07, 6.45) is 4.43. The molecule has 2 saturated carbocycles. The van der Waals surface area contributed by atoms with Gasteiger partial charge in [-0.15, -0.1) is 12.4 Å². The maximum atomic E-state index is 12.7. The molecule has 0 aliphatic heterocycles. The van der Waals surface area contributed by atoms with Crippen molar-refractivity contribution in [1.82, 2.24) is 4.90 Å². The highest BCUT2D eigenvalue weighted by molar-refractivity contribution is 5.85. The van der Waals surface area contributed by atoms with Crippen LogP contribution in [0.4, 0.5) is 0 Å². The molecule has 2 aliphatic carbocycles. The Balaban J connectivity index is 0.00000272. The summed E-state index contributed by atoms with van der Waals surface area (Å²) in [5, 5.41) is 11.9. The van der Waals surface area contributed by atoms with E-state index < -0.39 is 5.60 Å². The molecule has 5 heteroatoms. The molecule has 0 amide bonds. The van der Waals surface area contributed by atoms with Crippen LogP contribution in [-0.4, -0.2) is 36.6 Å². The van der Waals surface area contributed by atoms with Crippen molar-refractivity contribution in [2.75, 3.05) is 20.6 Å². The zero-order valence-corrected chi connectivity index (χ0v) is 19.5. The lowest BCUT2D eigenvalue weighted by molar-refractivity contribution is -0.135. The first-order valence-corrected chi connectivity index (χ1v) is 11.1. The van der Waals surface area contributed by atoms with Crippen LogP contribution < -0.4 is 4.74 Å². The van der Waals surface area contributed by atoms with Gasteiger partial charge in [0.15, 0.2) is 0 Å². The molecule has 0 saturated heterocycles. The monoisotopic (exact) mass is 443 g/mol. The van der Waals surface area contributed by atoms with E-state index in [1.807, 2.05) is 55.5 Å². The second kappa shape index (κ2) is 9.72. The van der Waals surface area contributed by atoms with Crippen LogP contribution in [0.5, 0.6) is 5.75 Å². The van der Waals surface area contributed by atoms with Crippen molar-refractivity contribution in [3.63, 3.8) is 0 Å². The number of hydrogen-bond acceptors (Lipinski definition) is 4. The quantitative estimate of drug-likeness (QED) is 0.504. The number of hydrogen-bond donors (Lipinski definition) is 1. The Labute approximate surface area is 192 Å². The number of rotatable bonds is 6. The Hall–Kier alpha value is -1.88. The molecule has 1 unspecified atom stereocenters. The van der Waals surface area contributed by atoms with Gasteiger partial charge in [0, 0.05) is 12.5 Å². The molecule has 2 aliphatic rings. The average Bonchev–Trinajstić information content (AvgIpc) is 3.14. The number of fused-ring (bicyclic) bond motifs is 2. The first-order valence-electron chi connectivity index (χ1n) is 11.1. The van der Waals surface area contributed by atoms with Crippen LogP contribution in [0.25, 0.3) is 0 Å². The molecule has 5 atom stereocenters. The van der Waals surface area contributed by atoms with Crippen molar-refractivity contribution in [2.45, 2.75) is 44.1 Å². The second-order valence-corrected chi connectivity index (χ2v) is 9.52. The summed E-state index contributed by atoms with van der Waals surface area (Å²) in [5.41, 5.74) is 0.942. The van der Waals surface area contributed by atoms with Crippen LogP contribution >= 0.6 is 12.4 Å². The van der Waals surface area contributed by atoms with Crippen molar-refractivity contribution in [1.29, 1.82) is 0 Å². The third kappa shape index (κ3) is 4.97. The largest absolute Gasteiger partial charge is 0.426 e. The summed E-state index contributed by atoms with van der Waals surface area (Å²) in [7, 11) is 4.15. The Kier molecular flexibility index (Phi) is 7.46. The molecular formula is C26H34ClNO3. The molecule has 0 heterocycles. The van der Waals surface area contributed by atoms with E-state index in [4.69, 9.17) is 4.74 Å². The average molecular weight is 444 g/mol. The number of benzene rings is 2. The Bertz CT molecular complexity index is 887. The lowest BCUT2D eigenvalue weighted by Gasteiger charge is -2.45. The van der Waals surface area contributed by atoms with E-state index >= 15 is 0 Å². The number of carbonyl (C=O) groups excluding carboxylic acids is 1. The summed E-state index contributed by atoms with van der Waals surface area (Å²) in [6, 6.07) is 17.2. The van der Waals surface area contributed by atoms with Gasteiger partial charge in [-0.3, -0.25) is 4.79 Å². The van der Waals surface area contributed by atoms with Crippen LogP contribution in [0.15, 0.2) is 54.6 Å². The van der Waals surface area contributed by atoms with Crippen LogP contribution in [0.2, 0.25) is 0 Å². The summed E-state index contributed by atoms with van der Waals surface area (Å²) in [5.74, 6) is 1.22. The molecule has 0 radical (unpaired) electrons. The van der Waals surface area contributed by atoms with E-state index in [-0.39, 0.29) is 30.2 Å². The van der Waals surface area contributed by atoms with Gasteiger partial charge in [0.1, 0.15) is 5.75 Å². The minimum atomic E-state index is -0.873. The molecule has 31 heavy (non-hydrogen) atoms. The molecule has 2 aromatic carbocycles. The number of carbonyl (C=O) groups is 1. The van der Waals surface area contributed by atoms with Gasteiger partial charge in [0.2, 0.25) is 0 Å². The topological polar surface area (TPSA) is 49.8 Å². The standard InChI is InChI=1S/C26H33NO3.ClH/c1-18(20-8-5-4-6-9-20)25(28)30-23-11-7-10-22(15-23)26(29)16-19-12-13-21(14-19)24(26)17-27(2)3;/h4-11,15,18-19,21,24,29H,12-14,16-17H2,1-3H3;1H/t18?,19-,21+,24+,26-;/m1./s1. The molecule has 2 fully saturated rings. The minimum Gasteiger partial charge on any atom is -0.426 e. The van der Waals surface area contributed by atoms with Crippen molar-refractivity contribution in [3.05, 3.63) is 65.7 Å². The van der Waals surface area contributed by atoms with Crippen LogP contribution in [-0.2, 0) is 10.4 Å². The zero-order valence-electron chi connectivity index (χ0n) is 18.7. The third-order valence-electron chi connectivity index (χ3n) is 7.13. The summed E-state index contributed by atoms with van der Waals surface area (Å²) >= 11 is 0. The van der Waals surface area contributed by atoms with Gasteiger partial charge in [-0.05, 0) is 75.4 Å². The van der Waals surface area contributed by atoms with E-state index in [2.05, 4.69) is 19.0 Å². The smallest absolute Gasteiger partial charge is 0.318 e. The SMILES string of the molecule is CC(C(=O)Oc1cccc([C@]2(O)C[C@@H]3CC[C@@H](C3)[C@@H]2CN(C)C)c1)c1ccccc1.Cl. The van der Waals surface area contributed by atoms with Gasteiger partial charge in [0.25, 0.3) is 0 Å². The molecule has 2 aromatic rings. The number of ether oxygens (including phenoxy) is 1. The van der Waals surface area contributed by atoms with E-state index in [1.54, 1.807) is 6.07 Å². The minimum absolute atomic E-state index is 0. The lowest BCUT2D eigenvalue weighted by Crippen LogP contribution is -2.47. The highest BCUT2D eigenvalue weighted by Crippen LogP contribution is 2.54. The van der Waals surface area contributed by atoms with Crippen molar-refractivity contribution in [2.24, 2.45) is 17.8 Å². The van der Waals surface area contributed by atoms with E-state index in [0.29, 0.717) is 17.6 Å². The maximum absolute atomic E-state index is 12.7. The third-order valence-corrected chi connectivity index (χ3v) is 7.13. The molecule has 0 spiro atoms. The van der Waals surface area contributed by atoms with Gasteiger partial charge in [-0.2, -0.15) is 0 Å². The van der Waals surface area contributed by atoms with Crippen LogP contribution in [0, 0.1) is 17.8 Å². The summed E-state index contributed by atoms with van der Waals surface area (Å²) in [6.45, 7) is 2.73.